The second-order valence-corrected chi connectivity index (χ2v) is 5.16. The summed E-state index contributed by atoms with van der Waals surface area (Å²) in [6.45, 7) is 0. The van der Waals surface area contributed by atoms with Gasteiger partial charge in [0, 0.05) is 10.6 Å². The highest BCUT2D eigenvalue weighted by atomic mass is 32.2. The molecule has 2 aromatic rings. The van der Waals surface area contributed by atoms with Crippen LogP contribution in [-0.2, 0) is 4.79 Å². The molecule has 1 atom stereocenters. The molecule has 2 aromatic carbocycles. The highest BCUT2D eigenvalue weighted by Gasteiger charge is 2.12. The lowest BCUT2D eigenvalue weighted by Gasteiger charge is -2.09. The van der Waals surface area contributed by atoms with Crippen LogP contribution in [0.4, 0.5) is 0 Å². The number of fused-ring (bicyclic) bond motifs is 1. The fourth-order valence-corrected chi connectivity index (χ4v) is 2.75. The number of nitrogens with two attached hydrogens (primary N) is 1. The molecule has 0 bridgehead atoms. The molecule has 0 aromatic heterocycles. The van der Waals surface area contributed by atoms with Crippen molar-refractivity contribution in [3.63, 3.8) is 0 Å². The first kappa shape index (κ1) is 13.7. The quantitative estimate of drug-likeness (QED) is 0.821. The molecule has 0 aliphatic heterocycles. The molecule has 0 radical (unpaired) electrons. The van der Waals surface area contributed by atoms with E-state index in [1.54, 1.807) is 7.11 Å². The Morgan fingerprint density at radius 3 is 2.89 bits per heavy atom. The second kappa shape index (κ2) is 5.95. The van der Waals surface area contributed by atoms with Crippen molar-refractivity contribution < 1.29 is 14.6 Å². The average Bonchev–Trinajstić information content (AvgIpc) is 2.43. The Bertz CT molecular complexity index is 600. The van der Waals surface area contributed by atoms with Gasteiger partial charge in [-0.2, -0.15) is 0 Å². The summed E-state index contributed by atoms with van der Waals surface area (Å²) in [5, 5.41) is 10.9. The minimum Gasteiger partial charge on any atom is -0.497 e. The molecule has 2 rings (SSSR count). The van der Waals surface area contributed by atoms with Gasteiger partial charge in [0.2, 0.25) is 0 Å². The minimum absolute atomic E-state index is 0.348. The molecule has 0 heterocycles. The molecule has 100 valence electrons. The molecular weight excluding hydrogens is 262 g/mol. The third-order valence-electron chi connectivity index (χ3n) is 2.78. The van der Waals surface area contributed by atoms with Gasteiger partial charge in [-0.1, -0.05) is 12.1 Å². The third kappa shape index (κ3) is 3.19. The first-order chi connectivity index (χ1) is 9.11. The maximum Gasteiger partial charge on any atom is 0.321 e. The van der Waals surface area contributed by atoms with E-state index < -0.39 is 12.0 Å². The Labute approximate surface area is 115 Å². The molecule has 3 N–H and O–H groups in total. The summed E-state index contributed by atoms with van der Waals surface area (Å²) in [4.78, 5) is 11.7. The van der Waals surface area contributed by atoms with E-state index in [2.05, 4.69) is 0 Å². The van der Waals surface area contributed by atoms with Gasteiger partial charge in [-0.3, -0.25) is 4.79 Å². The van der Waals surface area contributed by atoms with Crippen molar-refractivity contribution in [1.29, 1.82) is 0 Å². The number of benzene rings is 2. The number of rotatable bonds is 5. The van der Waals surface area contributed by atoms with E-state index in [-0.39, 0.29) is 0 Å². The number of carboxylic acids is 1. The molecular formula is C14H15NO3S. The van der Waals surface area contributed by atoms with E-state index in [0.29, 0.717) is 5.75 Å². The van der Waals surface area contributed by atoms with Crippen molar-refractivity contribution in [1.82, 2.24) is 0 Å². The Hall–Kier alpha value is -1.72. The number of methoxy groups -OCH3 is 1. The van der Waals surface area contributed by atoms with Crippen molar-refractivity contribution in [3.8, 4) is 5.75 Å². The van der Waals surface area contributed by atoms with E-state index in [9.17, 15) is 4.79 Å². The SMILES string of the molecule is COc1ccc2c(SC[C@H](N)C(=O)O)cccc2c1. The van der Waals surface area contributed by atoms with Crippen LogP contribution in [0.5, 0.6) is 5.75 Å². The molecule has 0 amide bonds. The molecule has 0 fully saturated rings. The molecule has 5 heteroatoms. The van der Waals surface area contributed by atoms with Crippen LogP contribution in [0.1, 0.15) is 0 Å². The van der Waals surface area contributed by atoms with Crippen LogP contribution in [0.15, 0.2) is 41.3 Å². The molecule has 0 spiro atoms. The molecule has 0 saturated heterocycles. The average molecular weight is 277 g/mol. The molecule has 0 saturated carbocycles. The lowest BCUT2D eigenvalue weighted by molar-refractivity contribution is -0.137. The monoisotopic (exact) mass is 277 g/mol. The topological polar surface area (TPSA) is 72.5 Å². The maximum absolute atomic E-state index is 10.7. The predicted octanol–water partition coefficient (Wildman–Crippen LogP) is 2.35. The van der Waals surface area contributed by atoms with Crippen LogP contribution >= 0.6 is 11.8 Å². The van der Waals surface area contributed by atoms with Crippen LogP contribution in [-0.4, -0.2) is 30.0 Å². The van der Waals surface area contributed by atoms with Gasteiger partial charge in [-0.25, -0.2) is 0 Å². The number of thioether (sulfide) groups is 1. The predicted molar refractivity (Wildman–Crippen MR) is 76.8 cm³/mol. The van der Waals surface area contributed by atoms with E-state index in [1.807, 2.05) is 36.4 Å². The van der Waals surface area contributed by atoms with E-state index in [0.717, 1.165) is 21.4 Å². The molecule has 19 heavy (non-hydrogen) atoms. The van der Waals surface area contributed by atoms with Crippen LogP contribution in [0.3, 0.4) is 0 Å². The molecule has 0 unspecified atom stereocenters. The Kier molecular flexibility index (Phi) is 4.29. The summed E-state index contributed by atoms with van der Waals surface area (Å²) >= 11 is 1.45. The Morgan fingerprint density at radius 2 is 2.21 bits per heavy atom. The zero-order valence-corrected chi connectivity index (χ0v) is 11.3. The largest absolute Gasteiger partial charge is 0.497 e. The first-order valence-corrected chi connectivity index (χ1v) is 6.78. The van der Waals surface area contributed by atoms with Crippen molar-refractivity contribution in [2.75, 3.05) is 12.9 Å². The summed E-state index contributed by atoms with van der Waals surface area (Å²) in [7, 11) is 1.63. The number of hydrogen-bond donors (Lipinski definition) is 2. The Morgan fingerprint density at radius 1 is 1.42 bits per heavy atom. The smallest absolute Gasteiger partial charge is 0.321 e. The van der Waals surface area contributed by atoms with E-state index in [4.69, 9.17) is 15.6 Å². The minimum atomic E-state index is -0.977. The van der Waals surface area contributed by atoms with Crippen LogP contribution in [0, 0.1) is 0 Å². The van der Waals surface area contributed by atoms with Crippen LogP contribution < -0.4 is 10.5 Å². The van der Waals surface area contributed by atoms with Crippen molar-refractivity contribution in [2.45, 2.75) is 10.9 Å². The third-order valence-corrected chi connectivity index (χ3v) is 3.98. The number of aliphatic carboxylic acids is 1. The van der Waals surface area contributed by atoms with Crippen molar-refractivity contribution in [3.05, 3.63) is 36.4 Å². The second-order valence-electron chi connectivity index (χ2n) is 4.10. The lowest BCUT2D eigenvalue weighted by atomic mass is 10.1. The molecule has 0 aliphatic rings. The fraction of sp³-hybridized carbons (Fsp3) is 0.214. The lowest BCUT2D eigenvalue weighted by Crippen LogP contribution is -2.32. The molecule has 4 nitrogen and oxygen atoms in total. The fourth-order valence-electron chi connectivity index (χ4n) is 1.74. The van der Waals surface area contributed by atoms with Gasteiger partial charge in [-0.05, 0) is 35.0 Å². The first-order valence-electron chi connectivity index (χ1n) is 5.80. The van der Waals surface area contributed by atoms with Gasteiger partial charge in [-0.15, -0.1) is 11.8 Å². The summed E-state index contributed by atoms with van der Waals surface area (Å²) in [5.74, 6) is 0.173. The summed E-state index contributed by atoms with van der Waals surface area (Å²) < 4.78 is 5.19. The highest BCUT2D eigenvalue weighted by molar-refractivity contribution is 7.99. The summed E-state index contributed by atoms with van der Waals surface area (Å²) in [6.07, 6.45) is 0. The maximum atomic E-state index is 10.7. The Balaban J connectivity index is 2.26. The standard InChI is InChI=1S/C14H15NO3S/c1-18-10-5-6-11-9(7-10)3-2-4-13(11)19-8-12(15)14(16)17/h2-7,12H,8,15H2,1H3,(H,16,17)/t12-/m0/s1. The molecule has 0 aliphatic carbocycles. The van der Waals surface area contributed by atoms with Crippen molar-refractivity contribution in [2.24, 2.45) is 5.73 Å². The highest BCUT2D eigenvalue weighted by Crippen LogP contribution is 2.30. The van der Waals surface area contributed by atoms with E-state index in [1.165, 1.54) is 11.8 Å². The number of ether oxygens (including phenoxy) is 1. The van der Waals surface area contributed by atoms with Crippen LogP contribution in [0.25, 0.3) is 10.8 Å². The van der Waals surface area contributed by atoms with Crippen LogP contribution in [0.2, 0.25) is 0 Å². The van der Waals surface area contributed by atoms with Crippen molar-refractivity contribution >= 4 is 28.5 Å². The normalized spacial score (nSPS) is 12.3. The number of carboxylic acid groups (broad SMARTS) is 1. The van der Waals surface area contributed by atoms with Gasteiger partial charge in [0.15, 0.2) is 0 Å². The van der Waals surface area contributed by atoms with Gasteiger partial charge < -0.3 is 15.6 Å². The zero-order chi connectivity index (χ0) is 13.8. The summed E-state index contributed by atoms with van der Waals surface area (Å²) in [5.41, 5.74) is 5.51. The van der Waals surface area contributed by atoms with Gasteiger partial charge >= 0.3 is 5.97 Å². The van der Waals surface area contributed by atoms with Gasteiger partial charge in [0.1, 0.15) is 11.8 Å². The van der Waals surface area contributed by atoms with Gasteiger partial charge in [0.25, 0.3) is 0 Å². The summed E-state index contributed by atoms with van der Waals surface area (Å²) in [6, 6.07) is 10.9. The number of carbonyl (C=O) groups is 1. The number of hydrogen-bond acceptors (Lipinski definition) is 4. The van der Waals surface area contributed by atoms with E-state index >= 15 is 0 Å². The van der Waals surface area contributed by atoms with Gasteiger partial charge in [0.05, 0.1) is 7.11 Å². The zero-order valence-electron chi connectivity index (χ0n) is 10.5.